The summed E-state index contributed by atoms with van der Waals surface area (Å²) in [5.74, 6) is 0.264. The number of amides is 1. The van der Waals surface area contributed by atoms with Crippen molar-refractivity contribution in [2.45, 2.75) is 6.54 Å². The van der Waals surface area contributed by atoms with E-state index >= 15 is 0 Å². The molecule has 0 saturated heterocycles. The van der Waals surface area contributed by atoms with Gasteiger partial charge in [0.05, 0.1) is 12.8 Å². The van der Waals surface area contributed by atoms with Crippen molar-refractivity contribution in [3.8, 4) is 17.1 Å². The van der Waals surface area contributed by atoms with Gasteiger partial charge in [-0.25, -0.2) is 0 Å². The number of carbonyl (C=O) groups is 1. The number of nitrogens with one attached hydrogen (secondary N) is 1. The Morgan fingerprint density at radius 2 is 1.92 bits per heavy atom. The molecule has 1 N–H and O–H groups in total. The summed E-state index contributed by atoms with van der Waals surface area (Å²) in [6, 6.07) is 18.2. The van der Waals surface area contributed by atoms with Gasteiger partial charge in [0.25, 0.3) is 5.91 Å². The van der Waals surface area contributed by atoms with E-state index in [0.29, 0.717) is 28.7 Å². The third kappa shape index (κ3) is 4.14. The lowest BCUT2D eigenvalue weighted by atomic mass is 10.1. The fourth-order valence-corrected chi connectivity index (χ4v) is 2.52. The molecule has 2 aromatic carbocycles. The molecule has 1 heterocycles. The highest BCUT2D eigenvalue weighted by Crippen LogP contribution is 2.19. The van der Waals surface area contributed by atoms with Crippen molar-refractivity contribution in [3.63, 3.8) is 0 Å². The predicted molar refractivity (Wildman–Crippen MR) is 96.6 cm³/mol. The predicted octanol–water partition coefficient (Wildman–Crippen LogP) is 3.74. The van der Waals surface area contributed by atoms with Gasteiger partial charge < -0.3 is 10.1 Å². The highest BCUT2D eigenvalue weighted by molar-refractivity contribution is 6.31. The molecule has 3 aromatic rings. The van der Waals surface area contributed by atoms with E-state index in [1.54, 1.807) is 30.3 Å². The number of benzene rings is 2. The van der Waals surface area contributed by atoms with Crippen molar-refractivity contribution in [1.29, 1.82) is 0 Å². The number of methoxy groups -OCH3 is 1. The summed E-state index contributed by atoms with van der Waals surface area (Å²) in [5, 5.41) is 11.6. The SMILES string of the molecule is COc1ccc(-c2cccc(C(=O)NCc3ccccc3Cl)c2)nn1. The summed E-state index contributed by atoms with van der Waals surface area (Å²) in [4.78, 5) is 12.4. The molecule has 0 fully saturated rings. The molecule has 0 saturated carbocycles. The fourth-order valence-electron chi connectivity index (χ4n) is 2.32. The molecular weight excluding hydrogens is 338 g/mol. The summed E-state index contributed by atoms with van der Waals surface area (Å²) in [6.07, 6.45) is 0. The van der Waals surface area contributed by atoms with Crippen molar-refractivity contribution in [2.75, 3.05) is 7.11 Å². The monoisotopic (exact) mass is 353 g/mol. The lowest BCUT2D eigenvalue weighted by molar-refractivity contribution is 0.0951. The normalized spacial score (nSPS) is 10.3. The van der Waals surface area contributed by atoms with E-state index in [1.807, 2.05) is 30.3 Å². The largest absolute Gasteiger partial charge is 0.480 e. The zero-order valence-electron chi connectivity index (χ0n) is 13.6. The molecule has 3 rings (SSSR count). The molecule has 0 atom stereocenters. The van der Waals surface area contributed by atoms with Crippen LogP contribution in [-0.2, 0) is 6.54 Å². The van der Waals surface area contributed by atoms with Crippen LogP contribution in [-0.4, -0.2) is 23.2 Å². The van der Waals surface area contributed by atoms with Crippen molar-refractivity contribution in [1.82, 2.24) is 15.5 Å². The molecular formula is C19H16ClN3O2. The number of ether oxygens (including phenoxy) is 1. The Labute approximate surface area is 150 Å². The highest BCUT2D eigenvalue weighted by atomic mass is 35.5. The third-order valence-corrected chi connectivity index (χ3v) is 4.04. The number of nitrogens with zero attached hydrogens (tertiary/aromatic N) is 2. The quantitative estimate of drug-likeness (QED) is 0.759. The van der Waals surface area contributed by atoms with Crippen molar-refractivity contribution >= 4 is 17.5 Å². The number of aromatic nitrogens is 2. The summed E-state index contributed by atoms with van der Waals surface area (Å²) < 4.78 is 5.00. The van der Waals surface area contributed by atoms with Gasteiger partial charge in [0.15, 0.2) is 0 Å². The lowest BCUT2D eigenvalue weighted by Gasteiger charge is -2.08. The van der Waals surface area contributed by atoms with Gasteiger partial charge in [0, 0.05) is 28.8 Å². The maximum Gasteiger partial charge on any atom is 0.251 e. The van der Waals surface area contributed by atoms with Gasteiger partial charge in [-0.1, -0.05) is 41.9 Å². The van der Waals surface area contributed by atoms with Crippen LogP contribution in [0.25, 0.3) is 11.3 Å². The maximum atomic E-state index is 12.4. The minimum absolute atomic E-state index is 0.178. The smallest absolute Gasteiger partial charge is 0.251 e. The van der Waals surface area contributed by atoms with Gasteiger partial charge in [0.1, 0.15) is 0 Å². The minimum atomic E-state index is -0.178. The zero-order chi connectivity index (χ0) is 17.6. The van der Waals surface area contributed by atoms with E-state index in [9.17, 15) is 4.79 Å². The Morgan fingerprint density at radius 1 is 1.08 bits per heavy atom. The third-order valence-electron chi connectivity index (χ3n) is 3.67. The Bertz CT molecular complexity index is 882. The summed E-state index contributed by atoms with van der Waals surface area (Å²) >= 11 is 6.11. The van der Waals surface area contributed by atoms with Gasteiger partial charge in [-0.15, -0.1) is 10.2 Å². The standard InChI is InChI=1S/C19H16ClN3O2/c1-25-18-10-9-17(22-23-18)13-6-4-7-14(11-13)19(24)21-12-15-5-2-3-8-16(15)20/h2-11H,12H2,1H3,(H,21,24). The first-order valence-corrected chi connectivity index (χ1v) is 8.05. The van der Waals surface area contributed by atoms with E-state index in [4.69, 9.17) is 16.3 Å². The van der Waals surface area contributed by atoms with Gasteiger partial charge in [-0.05, 0) is 29.8 Å². The second-order valence-electron chi connectivity index (χ2n) is 5.32. The van der Waals surface area contributed by atoms with Crippen molar-refractivity contribution < 1.29 is 9.53 Å². The van der Waals surface area contributed by atoms with Crippen LogP contribution in [0.2, 0.25) is 5.02 Å². The second kappa shape index (κ2) is 7.77. The number of rotatable bonds is 5. The van der Waals surface area contributed by atoms with E-state index < -0.39 is 0 Å². The molecule has 5 nitrogen and oxygen atoms in total. The van der Waals surface area contributed by atoms with Crippen LogP contribution >= 0.6 is 11.6 Å². The van der Waals surface area contributed by atoms with Crippen LogP contribution in [0.3, 0.4) is 0 Å². The average molecular weight is 354 g/mol. The second-order valence-corrected chi connectivity index (χ2v) is 5.72. The number of hydrogen-bond donors (Lipinski definition) is 1. The number of hydrogen-bond acceptors (Lipinski definition) is 4. The topological polar surface area (TPSA) is 64.1 Å². The first kappa shape index (κ1) is 16.9. The summed E-state index contributed by atoms with van der Waals surface area (Å²) in [5.41, 5.74) is 2.89. The molecule has 0 aliphatic carbocycles. The zero-order valence-corrected chi connectivity index (χ0v) is 14.3. The molecule has 0 bridgehead atoms. The van der Waals surface area contributed by atoms with Crippen molar-refractivity contribution in [2.24, 2.45) is 0 Å². The van der Waals surface area contributed by atoms with Gasteiger partial charge >= 0.3 is 0 Å². The van der Waals surface area contributed by atoms with Crippen molar-refractivity contribution in [3.05, 3.63) is 76.8 Å². The Morgan fingerprint density at radius 3 is 2.64 bits per heavy atom. The van der Waals surface area contributed by atoms with E-state index in [2.05, 4.69) is 15.5 Å². The molecule has 0 aliphatic heterocycles. The average Bonchev–Trinajstić information content (AvgIpc) is 2.67. The molecule has 0 aliphatic rings. The van der Waals surface area contributed by atoms with Crippen LogP contribution < -0.4 is 10.1 Å². The first-order chi connectivity index (χ1) is 12.2. The van der Waals surface area contributed by atoms with E-state index in [1.165, 1.54) is 7.11 Å². The van der Waals surface area contributed by atoms with Gasteiger partial charge in [-0.2, -0.15) is 0 Å². The Kier molecular flexibility index (Phi) is 5.26. The molecule has 0 unspecified atom stereocenters. The van der Waals surface area contributed by atoms with Crippen LogP contribution in [0.5, 0.6) is 5.88 Å². The Balaban J connectivity index is 1.74. The van der Waals surface area contributed by atoms with Crippen LogP contribution in [0.15, 0.2) is 60.7 Å². The molecule has 25 heavy (non-hydrogen) atoms. The van der Waals surface area contributed by atoms with E-state index in [0.717, 1.165) is 11.1 Å². The maximum absolute atomic E-state index is 12.4. The minimum Gasteiger partial charge on any atom is -0.480 e. The summed E-state index contributed by atoms with van der Waals surface area (Å²) in [7, 11) is 1.54. The van der Waals surface area contributed by atoms with Crippen LogP contribution in [0, 0.1) is 0 Å². The van der Waals surface area contributed by atoms with Gasteiger partial charge in [-0.3, -0.25) is 4.79 Å². The molecule has 1 aromatic heterocycles. The molecule has 0 spiro atoms. The summed E-state index contributed by atoms with van der Waals surface area (Å²) in [6.45, 7) is 0.366. The first-order valence-electron chi connectivity index (χ1n) is 7.67. The molecule has 0 radical (unpaired) electrons. The highest BCUT2D eigenvalue weighted by Gasteiger charge is 2.09. The lowest BCUT2D eigenvalue weighted by Crippen LogP contribution is -2.22. The molecule has 6 heteroatoms. The number of carbonyl (C=O) groups excluding carboxylic acids is 1. The fraction of sp³-hybridized carbons (Fsp3) is 0.105. The van der Waals surface area contributed by atoms with Crippen LogP contribution in [0.1, 0.15) is 15.9 Å². The number of halogens is 1. The van der Waals surface area contributed by atoms with Gasteiger partial charge in [0.2, 0.25) is 5.88 Å². The molecule has 1 amide bonds. The van der Waals surface area contributed by atoms with E-state index in [-0.39, 0.29) is 5.91 Å². The Hall–Kier alpha value is -2.92. The van der Waals surface area contributed by atoms with Crippen LogP contribution in [0.4, 0.5) is 0 Å². The molecule has 126 valence electrons.